The Morgan fingerprint density at radius 1 is 1.23 bits per heavy atom. The number of hydrogen-bond donors (Lipinski definition) is 1. The van der Waals surface area contributed by atoms with Crippen LogP contribution < -0.4 is 0 Å². The van der Waals surface area contributed by atoms with Gasteiger partial charge in [0, 0.05) is 48.9 Å². The van der Waals surface area contributed by atoms with Gasteiger partial charge in [0.2, 0.25) is 18.1 Å². The average molecular weight is 410 g/mol. The van der Waals surface area contributed by atoms with Crippen molar-refractivity contribution in [2.45, 2.75) is 6.92 Å². The molecule has 3 aromatic rings. The lowest BCUT2D eigenvalue weighted by molar-refractivity contribution is -0.133. The third-order valence-corrected chi connectivity index (χ3v) is 5.01. The lowest BCUT2D eigenvalue weighted by Gasteiger charge is -2.34. The second-order valence-corrected chi connectivity index (χ2v) is 6.76. The van der Waals surface area contributed by atoms with E-state index in [0.717, 1.165) is 12.6 Å². The van der Waals surface area contributed by atoms with Gasteiger partial charge in [0.25, 0.3) is 5.91 Å². The minimum Gasteiger partial charge on any atom is -0.359 e. The largest absolute Gasteiger partial charge is 0.359 e. The van der Waals surface area contributed by atoms with Crippen LogP contribution in [0.15, 0.2) is 42.0 Å². The number of carbonyl (C=O) groups excluding carboxylic acids is 2. The SMILES string of the molecule is C=C(C(=O)N1CCN(C(=O)/C=C/C)CC1)c1c[nH]c2c(-c3ncon3)ncc(F)c12. The Bertz CT molecular complexity index is 1140. The van der Waals surface area contributed by atoms with E-state index < -0.39 is 5.82 Å². The standard InChI is InChI=1S/C20H19FN6O3/c1-3-4-15(28)26-5-7-27(8-6-26)20(29)12(2)13-9-22-17-16(13)14(21)10-23-18(17)19-24-11-30-25-19/h3-4,9-11,22H,2,5-8H2,1H3/b4-3+. The Morgan fingerprint density at radius 2 is 1.97 bits per heavy atom. The highest BCUT2D eigenvalue weighted by atomic mass is 19.1. The summed E-state index contributed by atoms with van der Waals surface area (Å²) >= 11 is 0. The number of aromatic nitrogens is 4. The molecule has 30 heavy (non-hydrogen) atoms. The van der Waals surface area contributed by atoms with Crippen LogP contribution in [-0.4, -0.2) is 67.9 Å². The highest BCUT2D eigenvalue weighted by Gasteiger charge is 2.27. The molecule has 0 aliphatic carbocycles. The molecule has 0 aromatic carbocycles. The van der Waals surface area contributed by atoms with E-state index in [1.54, 1.807) is 22.8 Å². The number of rotatable bonds is 4. The van der Waals surface area contributed by atoms with Gasteiger partial charge in [-0.2, -0.15) is 4.98 Å². The van der Waals surface area contributed by atoms with Crippen molar-refractivity contribution in [1.82, 2.24) is 29.9 Å². The van der Waals surface area contributed by atoms with Crippen molar-refractivity contribution in [1.29, 1.82) is 0 Å². The molecule has 1 aliphatic rings. The molecule has 1 fully saturated rings. The maximum atomic E-state index is 14.6. The molecule has 1 saturated heterocycles. The van der Waals surface area contributed by atoms with Gasteiger partial charge in [-0.05, 0) is 13.0 Å². The summed E-state index contributed by atoms with van der Waals surface area (Å²) in [6, 6.07) is 0. The van der Waals surface area contributed by atoms with Gasteiger partial charge in [-0.25, -0.2) is 9.37 Å². The van der Waals surface area contributed by atoms with Crippen LogP contribution in [0.25, 0.3) is 28.0 Å². The number of hydrogen-bond acceptors (Lipinski definition) is 6. The molecule has 1 aliphatic heterocycles. The summed E-state index contributed by atoms with van der Waals surface area (Å²) in [6.07, 6.45) is 6.91. The zero-order chi connectivity index (χ0) is 21.3. The van der Waals surface area contributed by atoms with Gasteiger partial charge < -0.3 is 19.3 Å². The van der Waals surface area contributed by atoms with Crippen molar-refractivity contribution in [3.05, 3.63) is 48.9 Å². The minimum atomic E-state index is -0.593. The smallest absolute Gasteiger partial charge is 0.254 e. The first-order chi connectivity index (χ1) is 14.5. The molecule has 0 bridgehead atoms. The quantitative estimate of drug-likeness (QED) is 0.659. The third-order valence-electron chi connectivity index (χ3n) is 5.01. The molecule has 4 rings (SSSR count). The van der Waals surface area contributed by atoms with E-state index in [9.17, 15) is 14.0 Å². The highest BCUT2D eigenvalue weighted by molar-refractivity contribution is 6.22. The summed E-state index contributed by atoms with van der Waals surface area (Å²) in [5.74, 6) is -0.786. The number of aromatic amines is 1. The van der Waals surface area contributed by atoms with Crippen LogP contribution in [-0.2, 0) is 9.59 Å². The average Bonchev–Trinajstić information content (AvgIpc) is 3.44. The number of amides is 2. The molecule has 10 heteroatoms. The Kier molecular flexibility index (Phi) is 5.13. The fourth-order valence-electron chi connectivity index (χ4n) is 3.47. The molecule has 9 nitrogen and oxygen atoms in total. The molecule has 3 aromatic heterocycles. The Morgan fingerprint density at radius 3 is 2.63 bits per heavy atom. The number of pyridine rings is 1. The van der Waals surface area contributed by atoms with Gasteiger partial charge in [0.05, 0.1) is 11.7 Å². The number of allylic oxidation sites excluding steroid dienone is 1. The summed E-state index contributed by atoms with van der Waals surface area (Å²) in [6.45, 7) is 7.29. The first kappa shape index (κ1) is 19.5. The maximum Gasteiger partial charge on any atom is 0.254 e. The van der Waals surface area contributed by atoms with Gasteiger partial charge in [-0.3, -0.25) is 9.59 Å². The Labute approximate surface area is 170 Å². The number of carbonyl (C=O) groups is 2. The predicted molar refractivity (Wildman–Crippen MR) is 106 cm³/mol. The monoisotopic (exact) mass is 410 g/mol. The molecular formula is C20H19FN6O3. The van der Waals surface area contributed by atoms with Crippen LogP contribution in [0.1, 0.15) is 12.5 Å². The van der Waals surface area contributed by atoms with E-state index in [2.05, 4.69) is 26.7 Å². The molecule has 0 spiro atoms. The molecular weight excluding hydrogens is 391 g/mol. The molecule has 0 saturated carbocycles. The van der Waals surface area contributed by atoms with E-state index in [4.69, 9.17) is 4.52 Å². The fourth-order valence-corrected chi connectivity index (χ4v) is 3.47. The number of fused-ring (bicyclic) bond motifs is 1. The predicted octanol–water partition coefficient (Wildman–Crippen LogP) is 2.01. The minimum absolute atomic E-state index is 0.0800. The van der Waals surface area contributed by atoms with Crippen molar-refractivity contribution in [3.8, 4) is 11.5 Å². The topological polar surface area (TPSA) is 108 Å². The second-order valence-electron chi connectivity index (χ2n) is 6.76. The van der Waals surface area contributed by atoms with Crippen LogP contribution in [0, 0.1) is 5.82 Å². The van der Waals surface area contributed by atoms with Crippen LogP contribution in [0.2, 0.25) is 0 Å². The number of nitrogens with one attached hydrogen (secondary N) is 1. The molecule has 4 heterocycles. The van der Waals surface area contributed by atoms with Crippen LogP contribution in [0.4, 0.5) is 4.39 Å². The van der Waals surface area contributed by atoms with E-state index in [0.29, 0.717) is 43.0 Å². The van der Waals surface area contributed by atoms with Crippen molar-refractivity contribution in [3.63, 3.8) is 0 Å². The molecule has 154 valence electrons. The second kappa shape index (κ2) is 7.90. The van der Waals surface area contributed by atoms with Crippen LogP contribution in [0.3, 0.4) is 0 Å². The number of H-pyrrole nitrogens is 1. The van der Waals surface area contributed by atoms with Gasteiger partial charge in [0.1, 0.15) is 5.69 Å². The summed E-state index contributed by atoms with van der Waals surface area (Å²) < 4.78 is 19.4. The summed E-state index contributed by atoms with van der Waals surface area (Å²) in [5, 5.41) is 3.92. The van der Waals surface area contributed by atoms with Crippen molar-refractivity contribution < 1.29 is 18.5 Å². The number of piperazine rings is 1. The molecule has 0 unspecified atom stereocenters. The van der Waals surface area contributed by atoms with Gasteiger partial charge in [0.15, 0.2) is 5.82 Å². The number of nitrogens with zero attached hydrogens (tertiary/aromatic N) is 5. The highest BCUT2D eigenvalue weighted by Crippen LogP contribution is 2.32. The molecule has 0 radical (unpaired) electrons. The fraction of sp³-hybridized carbons (Fsp3) is 0.250. The van der Waals surface area contributed by atoms with E-state index >= 15 is 0 Å². The normalized spacial score (nSPS) is 14.6. The van der Waals surface area contributed by atoms with Gasteiger partial charge in [-0.15, -0.1) is 0 Å². The Hall–Kier alpha value is -3.82. The lowest BCUT2D eigenvalue weighted by Crippen LogP contribution is -2.50. The van der Waals surface area contributed by atoms with E-state index in [1.807, 2.05) is 0 Å². The first-order valence-electron chi connectivity index (χ1n) is 9.33. The lowest BCUT2D eigenvalue weighted by atomic mass is 10.0. The Balaban J connectivity index is 1.58. The van der Waals surface area contributed by atoms with Crippen molar-refractivity contribution in [2.75, 3.05) is 26.2 Å². The van der Waals surface area contributed by atoms with Crippen LogP contribution in [0.5, 0.6) is 0 Å². The first-order valence-corrected chi connectivity index (χ1v) is 9.33. The summed E-state index contributed by atoms with van der Waals surface area (Å²) in [4.78, 5) is 39.2. The van der Waals surface area contributed by atoms with E-state index in [-0.39, 0.29) is 28.6 Å². The maximum absolute atomic E-state index is 14.6. The van der Waals surface area contributed by atoms with Crippen LogP contribution >= 0.6 is 0 Å². The molecule has 2 amide bonds. The summed E-state index contributed by atoms with van der Waals surface area (Å²) in [7, 11) is 0. The van der Waals surface area contributed by atoms with E-state index in [1.165, 1.54) is 12.3 Å². The molecule has 0 atom stereocenters. The summed E-state index contributed by atoms with van der Waals surface area (Å²) in [5.41, 5.74) is 1.15. The number of halogens is 1. The molecule has 1 N–H and O–H groups in total. The zero-order valence-electron chi connectivity index (χ0n) is 16.3. The van der Waals surface area contributed by atoms with Gasteiger partial charge >= 0.3 is 0 Å². The van der Waals surface area contributed by atoms with Crippen molar-refractivity contribution >= 4 is 28.3 Å². The van der Waals surface area contributed by atoms with Gasteiger partial charge in [-0.1, -0.05) is 17.8 Å². The van der Waals surface area contributed by atoms with Crippen molar-refractivity contribution in [2.24, 2.45) is 0 Å². The zero-order valence-corrected chi connectivity index (χ0v) is 16.3. The third kappa shape index (κ3) is 3.36.